The maximum Gasteiger partial charge on any atom is 0.472 e. The average Bonchev–Trinajstić information content (AvgIpc) is 3.79. The number of aliphatic hydroxyl groups is 2. The molecule has 0 aliphatic carbocycles. The van der Waals surface area contributed by atoms with E-state index in [1.165, 1.54) is 21.5 Å². The number of H-pyrrole nitrogens is 1. The zero-order chi connectivity index (χ0) is 34.8. The predicted octanol–water partition coefficient (Wildman–Crippen LogP) is -1.72. The third kappa shape index (κ3) is 6.18. The first-order chi connectivity index (χ1) is 23.2. The van der Waals surface area contributed by atoms with E-state index in [0.717, 1.165) is 6.33 Å². The minimum absolute atomic E-state index is 0.00730. The van der Waals surface area contributed by atoms with Gasteiger partial charge in [-0.25, -0.2) is 19.1 Å². The van der Waals surface area contributed by atoms with Gasteiger partial charge in [0.15, 0.2) is 35.7 Å². The van der Waals surface area contributed by atoms with Gasteiger partial charge in [-0.2, -0.15) is 9.97 Å². The van der Waals surface area contributed by atoms with Crippen molar-refractivity contribution in [2.24, 2.45) is 0 Å². The topological polar surface area (TPSA) is 326 Å². The first kappa shape index (κ1) is 33.5. The van der Waals surface area contributed by atoms with Gasteiger partial charge in [-0.1, -0.05) is 5.92 Å². The van der Waals surface area contributed by atoms with Crippen LogP contribution in [-0.2, 0) is 36.7 Å². The smallest absolute Gasteiger partial charge is 0.463 e. The second-order valence-electron chi connectivity index (χ2n) is 10.9. The van der Waals surface area contributed by atoms with E-state index in [2.05, 4.69) is 30.8 Å². The van der Waals surface area contributed by atoms with Crippen LogP contribution in [0.5, 0.6) is 5.88 Å². The van der Waals surface area contributed by atoms with E-state index in [1.54, 1.807) is 0 Å². The predicted molar refractivity (Wildman–Crippen MR) is 160 cm³/mol. The molecule has 0 saturated carbocycles. The van der Waals surface area contributed by atoms with Crippen LogP contribution in [-0.4, -0.2) is 110 Å². The number of nitrogens with zero attached hydrogens (tertiary/aromatic N) is 6. The summed E-state index contributed by atoms with van der Waals surface area (Å²) in [5, 5.41) is 22.5. The standard InChI is InChI=1S/C24H27N9O14P2/c1-2-3-41-21-14-19(30-24(26)31-21)33(8-28-14)23-16(35)18-11(45-23)6-43-48(37,38)46-17-10(5-42-49(39,40)47-18)44-22(15(17)34)32-7-27-13-9(32)4-12(25)29-20(13)36/h1,4,7-8,10-11,15-18,22-23,34-35H,3,5-6H2,(H,37,38)(H,39,40)(H3,25,29,36)(H2,26,30,31)/t10-,11-,15-,16-,17-,18-,22-,23-/m1/s1. The molecule has 3 aliphatic rings. The molecular weight excluding hydrogens is 700 g/mol. The lowest BCUT2D eigenvalue weighted by Gasteiger charge is -2.27. The molecule has 0 spiro atoms. The summed E-state index contributed by atoms with van der Waals surface area (Å²) >= 11 is 0. The van der Waals surface area contributed by atoms with Crippen LogP contribution in [0.3, 0.4) is 0 Å². The summed E-state index contributed by atoms with van der Waals surface area (Å²) in [5.74, 6) is 1.93. The van der Waals surface area contributed by atoms with Gasteiger partial charge in [-0.05, 0) is 0 Å². The number of phosphoric acid groups is 2. The van der Waals surface area contributed by atoms with Gasteiger partial charge in [0.1, 0.15) is 42.4 Å². The molecule has 9 N–H and O–H groups in total. The molecule has 2 unspecified atom stereocenters. The van der Waals surface area contributed by atoms with Crippen molar-refractivity contribution in [3.05, 3.63) is 29.1 Å². The second-order valence-corrected chi connectivity index (χ2v) is 13.7. The molecule has 7 heterocycles. The fourth-order valence-electron chi connectivity index (χ4n) is 5.70. The lowest BCUT2D eigenvalue weighted by atomic mass is 10.1. The van der Waals surface area contributed by atoms with Crippen LogP contribution in [0.2, 0.25) is 0 Å². The van der Waals surface area contributed by atoms with E-state index in [-0.39, 0.29) is 46.5 Å². The third-order valence-corrected chi connectivity index (χ3v) is 9.75. The number of nitrogen functional groups attached to an aromatic ring is 2. The van der Waals surface area contributed by atoms with Crippen LogP contribution in [0, 0.1) is 12.3 Å². The molecule has 10 atom stereocenters. The number of hydrogen-bond donors (Lipinski definition) is 7. The molecule has 0 radical (unpaired) electrons. The molecule has 4 aromatic heterocycles. The molecule has 0 bridgehead atoms. The Hall–Kier alpha value is -4.01. The number of rotatable bonds is 4. The molecule has 7 rings (SSSR count). The number of aliphatic hydroxyl groups excluding tert-OH is 2. The summed E-state index contributed by atoms with van der Waals surface area (Å²) < 4.78 is 66.8. The minimum atomic E-state index is -5.09. The highest BCUT2D eigenvalue weighted by atomic mass is 31.2. The fourth-order valence-corrected chi connectivity index (χ4v) is 7.63. The van der Waals surface area contributed by atoms with E-state index in [1.807, 2.05) is 0 Å². The lowest BCUT2D eigenvalue weighted by Crippen LogP contribution is -2.39. The minimum Gasteiger partial charge on any atom is -0.463 e. The number of terminal acetylenes is 1. The maximum atomic E-state index is 13.2. The summed E-state index contributed by atoms with van der Waals surface area (Å²) in [5.41, 5.74) is 11.1. The Kier molecular flexibility index (Phi) is 8.47. The normalized spacial score (nSPS) is 35.3. The van der Waals surface area contributed by atoms with Crippen LogP contribution >= 0.6 is 15.6 Å². The molecular formula is C24H27N9O14P2. The van der Waals surface area contributed by atoms with Crippen LogP contribution < -0.4 is 21.8 Å². The van der Waals surface area contributed by atoms with Gasteiger partial charge in [0.2, 0.25) is 11.8 Å². The van der Waals surface area contributed by atoms with Gasteiger partial charge in [-0.15, -0.1) is 6.42 Å². The van der Waals surface area contributed by atoms with Crippen molar-refractivity contribution in [3.8, 4) is 18.2 Å². The molecule has 49 heavy (non-hydrogen) atoms. The summed E-state index contributed by atoms with van der Waals surface area (Å²) in [4.78, 5) is 52.3. The van der Waals surface area contributed by atoms with Gasteiger partial charge >= 0.3 is 15.6 Å². The Bertz CT molecular complexity index is 2120. The highest BCUT2D eigenvalue weighted by Crippen LogP contribution is 2.53. The first-order valence-electron chi connectivity index (χ1n) is 14.2. The highest BCUT2D eigenvalue weighted by Gasteiger charge is 2.54. The van der Waals surface area contributed by atoms with E-state index < -0.39 is 83.5 Å². The quantitative estimate of drug-likeness (QED) is 0.0907. The molecule has 25 heteroatoms. The molecule has 4 aromatic rings. The monoisotopic (exact) mass is 727 g/mol. The number of pyridine rings is 1. The van der Waals surface area contributed by atoms with Crippen LogP contribution in [0.25, 0.3) is 22.2 Å². The van der Waals surface area contributed by atoms with E-state index in [9.17, 15) is 33.9 Å². The number of aromatic nitrogens is 7. The highest BCUT2D eigenvalue weighted by molar-refractivity contribution is 7.47. The number of nitrogens with two attached hydrogens (primary N) is 2. The SMILES string of the molecule is C#CCOc1nc(N)nc2c1ncn2[C@@H]1O[C@@H]2COP(=O)(O)O[C@H]3[C@@H](O)[C@H](n4cnc5c(=O)[nH]c(N)cc54)O[C@@H]3COP(=O)(O)O[C@H]2[C@H]1O. The van der Waals surface area contributed by atoms with Gasteiger partial charge in [-0.3, -0.25) is 27.5 Å². The number of ether oxygens (including phenoxy) is 3. The number of phosphoric ester groups is 2. The molecule has 0 aromatic carbocycles. The van der Waals surface area contributed by atoms with Crippen LogP contribution in [0.4, 0.5) is 11.8 Å². The number of aromatic amines is 1. The van der Waals surface area contributed by atoms with Gasteiger partial charge in [0.25, 0.3) is 5.56 Å². The van der Waals surface area contributed by atoms with Crippen LogP contribution in [0.15, 0.2) is 23.5 Å². The van der Waals surface area contributed by atoms with E-state index in [0.29, 0.717) is 0 Å². The number of nitrogens with one attached hydrogen (secondary N) is 1. The van der Waals surface area contributed by atoms with E-state index in [4.69, 9.17) is 50.2 Å². The lowest BCUT2D eigenvalue weighted by molar-refractivity contribution is -0.0663. The maximum absolute atomic E-state index is 13.2. The van der Waals surface area contributed by atoms with Crippen molar-refractivity contribution in [2.75, 3.05) is 31.3 Å². The Labute approximate surface area is 272 Å². The summed E-state index contributed by atoms with van der Waals surface area (Å²) in [6.45, 7) is -1.87. The molecule has 3 aliphatic heterocycles. The number of anilines is 2. The van der Waals surface area contributed by atoms with E-state index >= 15 is 0 Å². The molecule has 23 nitrogen and oxygen atoms in total. The second kappa shape index (κ2) is 12.4. The number of imidazole rings is 2. The molecule has 262 valence electrons. The average molecular weight is 727 g/mol. The third-order valence-electron chi connectivity index (χ3n) is 7.78. The van der Waals surface area contributed by atoms with Gasteiger partial charge in [0.05, 0.1) is 31.4 Å². The largest absolute Gasteiger partial charge is 0.472 e. The zero-order valence-corrected chi connectivity index (χ0v) is 26.4. The Morgan fingerprint density at radius 3 is 2.14 bits per heavy atom. The number of hydrogen-bond acceptors (Lipinski definition) is 18. The van der Waals surface area contributed by atoms with Crippen molar-refractivity contribution in [3.63, 3.8) is 0 Å². The molecule has 3 fully saturated rings. The van der Waals surface area contributed by atoms with Crippen molar-refractivity contribution < 1.29 is 61.4 Å². The fraction of sp³-hybridized carbons (Fsp3) is 0.458. The summed E-state index contributed by atoms with van der Waals surface area (Å²) in [7, 11) is -10.2. The zero-order valence-electron chi connectivity index (χ0n) is 24.7. The summed E-state index contributed by atoms with van der Waals surface area (Å²) in [6, 6.07) is 1.34. The van der Waals surface area contributed by atoms with Crippen molar-refractivity contribution in [1.29, 1.82) is 0 Å². The Balaban J connectivity index is 1.16. The van der Waals surface area contributed by atoms with Crippen molar-refractivity contribution in [2.45, 2.75) is 49.1 Å². The van der Waals surface area contributed by atoms with Crippen molar-refractivity contribution in [1.82, 2.24) is 34.1 Å². The van der Waals surface area contributed by atoms with Gasteiger partial charge < -0.3 is 55.2 Å². The Morgan fingerprint density at radius 2 is 1.53 bits per heavy atom. The first-order valence-corrected chi connectivity index (χ1v) is 17.1. The van der Waals surface area contributed by atoms with Crippen molar-refractivity contribution >= 4 is 49.6 Å². The van der Waals surface area contributed by atoms with Crippen LogP contribution in [0.1, 0.15) is 12.5 Å². The summed E-state index contributed by atoms with van der Waals surface area (Å²) in [6.07, 6.45) is -5.21. The Morgan fingerprint density at radius 1 is 0.959 bits per heavy atom. The molecule has 3 saturated heterocycles. The van der Waals surface area contributed by atoms with Gasteiger partial charge in [0, 0.05) is 6.07 Å². The number of fused-ring (bicyclic) bond motifs is 4. The molecule has 0 amide bonds.